The van der Waals surface area contributed by atoms with Crippen LogP contribution >= 0.6 is 0 Å². The Morgan fingerprint density at radius 1 is 1.37 bits per heavy atom. The number of carbonyl (C=O) groups excluding carboxylic acids is 1. The molecule has 0 spiro atoms. The van der Waals surface area contributed by atoms with E-state index in [1.165, 1.54) is 4.90 Å². The van der Waals surface area contributed by atoms with Crippen molar-refractivity contribution in [3.8, 4) is 0 Å². The number of likely N-dealkylation sites (tertiary alicyclic amines) is 1. The molecule has 0 bridgehead atoms. The van der Waals surface area contributed by atoms with Gasteiger partial charge >= 0.3 is 6.09 Å². The van der Waals surface area contributed by atoms with Crippen molar-refractivity contribution in [2.75, 3.05) is 13.2 Å². The van der Waals surface area contributed by atoms with E-state index in [0.717, 1.165) is 5.56 Å². The predicted octanol–water partition coefficient (Wildman–Crippen LogP) is 1.14. The summed E-state index contributed by atoms with van der Waals surface area (Å²) in [6, 6.07) is 9.09. The number of rotatable bonds is 3. The third kappa shape index (κ3) is 3.68. The van der Waals surface area contributed by atoms with Crippen LogP contribution in [0.5, 0.6) is 0 Å². The summed E-state index contributed by atoms with van der Waals surface area (Å²) in [7, 11) is 0. The van der Waals surface area contributed by atoms with Crippen molar-refractivity contribution in [1.29, 1.82) is 0 Å². The van der Waals surface area contributed by atoms with Gasteiger partial charge in [-0.05, 0) is 18.4 Å². The highest BCUT2D eigenvalue weighted by atomic mass is 16.6. The number of nitrogens with zero attached hydrogens (tertiary/aromatic N) is 1. The average Bonchev–Trinajstić information content (AvgIpc) is 2.45. The molecule has 1 aromatic carbocycles. The first-order chi connectivity index (χ1) is 9.20. The Kier molecular flexibility index (Phi) is 4.76. The van der Waals surface area contributed by atoms with Crippen LogP contribution in [0.2, 0.25) is 0 Å². The zero-order valence-corrected chi connectivity index (χ0v) is 10.7. The molecule has 1 fully saturated rings. The van der Waals surface area contributed by atoms with E-state index >= 15 is 0 Å². The summed E-state index contributed by atoms with van der Waals surface area (Å²) >= 11 is 0. The topological polar surface area (TPSA) is 70.0 Å². The molecule has 104 valence electrons. The molecule has 5 nitrogen and oxygen atoms in total. The molecule has 0 unspecified atom stereocenters. The van der Waals surface area contributed by atoms with Crippen LogP contribution in [0.3, 0.4) is 0 Å². The van der Waals surface area contributed by atoms with Gasteiger partial charge in [-0.2, -0.15) is 0 Å². The third-order valence-electron chi connectivity index (χ3n) is 3.34. The lowest BCUT2D eigenvalue weighted by molar-refractivity contribution is 0.00891. The molecule has 2 rings (SSSR count). The van der Waals surface area contributed by atoms with E-state index in [1.54, 1.807) is 0 Å². The summed E-state index contributed by atoms with van der Waals surface area (Å²) in [4.78, 5) is 13.5. The number of aliphatic hydroxyl groups is 2. The molecule has 0 aliphatic carbocycles. The van der Waals surface area contributed by atoms with Crippen molar-refractivity contribution in [2.24, 2.45) is 0 Å². The quantitative estimate of drug-likeness (QED) is 0.860. The number of hydrogen-bond donors (Lipinski definition) is 2. The number of amides is 1. The lowest BCUT2D eigenvalue weighted by Gasteiger charge is -2.35. The molecule has 0 radical (unpaired) electrons. The molecule has 1 amide bonds. The summed E-state index contributed by atoms with van der Waals surface area (Å²) in [6.07, 6.45) is 0.0403. The van der Waals surface area contributed by atoms with Gasteiger partial charge in [0, 0.05) is 6.54 Å². The van der Waals surface area contributed by atoms with E-state index in [2.05, 4.69) is 0 Å². The zero-order valence-electron chi connectivity index (χ0n) is 10.7. The zero-order chi connectivity index (χ0) is 13.7. The molecule has 1 heterocycles. The van der Waals surface area contributed by atoms with Gasteiger partial charge < -0.3 is 19.8 Å². The van der Waals surface area contributed by atoms with Crippen molar-refractivity contribution in [3.05, 3.63) is 35.9 Å². The van der Waals surface area contributed by atoms with E-state index < -0.39 is 12.2 Å². The molecule has 2 atom stereocenters. The minimum Gasteiger partial charge on any atom is -0.445 e. The largest absolute Gasteiger partial charge is 0.445 e. The van der Waals surface area contributed by atoms with Crippen molar-refractivity contribution in [2.45, 2.75) is 31.6 Å². The minimum atomic E-state index is -0.449. The molecular formula is C14H19NO4. The van der Waals surface area contributed by atoms with Crippen molar-refractivity contribution >= 4 is 6.09 Å². The Bertz CT molecular complexity index is 409. The van der Waals surface area contributed by atoms with Crippen LogP contribution < -0.4 is 0 Å². The molecule has 5 heteroatoms. The first-order valence-corrected chi connectivity index (χ1v) is 6.47. The van der Waals surface area contributed by atoms with Crippen molar-refractivity contribution < 1.29 is 19.7 Å². The van der Waals surface area contributed by atoms with Gasteiger partial charge in [0.05, 0.1) is 18.8 Å². The van der Waals surface area contributed by atoms with Gasteiger partial charge in [0.15, 0.2) is 0 Å². The van der Waals surface area contributed by atoms with Gasteiger partial charge in [-0.3, -0.25) is 0 Å². The molecule has 0 aromatic heterocycles. The van der Waals surface area contributed by atoms with Crippen LogP contribution in [-0.4, -0.2) is 46.5 Å². The Morgan fingerprint density at radius 3 is 2.79 bits per heavy atom. The van der Waals surface area contributed by atoms with Gasteiger partial charge in [0.1, 0.15) is 6.61 Å². The predicted molar refractivity (Wildman–Crippen MR) is 69.4 cm³/mol. The highest BCUT2D eigenvalue weighted by molar-refractivity contribution is 5.68. The molecule has 1 saturated heterocycles. The van der Waals surface area contributed by atoms with E-state index in [-0.39, 0.29) is 19.3 Å². The summed E-state index contributed by atoms with van der Waals surface area (Å²) in [5.41, 5.74) is 0.924. The first-order valence-electron chi connectivity index (χ1n) is 6.47. The van der Waals surface area contributed by atoms with Crippen LogP contribution in [-0.2, 0) is 11.3 Å². The summed E-state index contributed by atoms with van der Waals surface area (Å²) in [5.74, 6) is 0. The number of benzene rings is 1. The SMILES string of the molecule is O=C(OCc1ccccc1)N1CC[C@H](O)C[C@@H]1CO. The second-order valence-corrected chi connectivity index (χ2v) is 4.75. The maximum absolute atomic E-state index is 12.0. The van der Waals surface area contributed by atoms with Crippen LogP contribution in [0.1, 0.15) is 18.4 Å². The number of hydrogen-bond acceptors (Lipinski definition) is 4. The minimum absolute atomic E-state index is 0.155. The fraction of sp³-hybridized carbons (Fsp3) is 0.500. The van der Waals surface area contributed by atoms with Crippen molar-refractivity contribution in [3.63, 3.8) is 0 Å². The first kappa shape index (κ1) is 13.8. The lowest BCUT2D eigenvalue weighted by Crippen LogP contribution is -2.49. The van der Waals surface area contributed by atoms with Gasteiger partial charge in [0.2, 0.25) is 0 Å². The standard InChI is InChI=1S/C14H19NO4/c16-9-12-8-13(17)6-7-15(12)14(18)19-10-11-4-2-1-3-5-11/h1-5,12-13,16-17H,6-10H2/t12-,13+/m1/s1. The van der Waals surface area contributed by atoms with Crippen LogP contribution in [0.15, 0.2) is 30.3 Å². The molecule has 1 aliphatic heterocycles. The molecule has 1 aromatic rings. The third-order valence-corrected chi connectivity index (χ3v) is 3.34. The molecular weight excluding hydrogens is 246 g/mol. The van der Waals surface area contributed by atoms with E-state index in [0.29, 0.717) is 19.4 Å². The number of carbonyl (C=O) groups is 1. The molecule has 19 heavy (non-hydrogen) atoms. The Hall–Kier alpha value is -1.59. The Labute approximate surface area is 112 Å². The van der Waals surface area contributed by atoms with Crippen LogP contribution in [0.4, 0.5) is 4.79 Å². The highest BCUT2D eigenvalue weighted by Gasteiger charge is 2.31. The molecule has 0 saturated carbocycles. The average molecular weight is 265 g/mol. The van der Waals surface area contributed by atoms with Gasteiger partial charge in [-0.15, -0.1) is 0 Å². The molecule has 2 N–H and O–H groups in total. The summed E-state index contributed by atoms with van der Waals surface area (Å²) in [5, 5.41) is 18.8. The van der Waals surface area contributed by atoms with Gasteiger partial charge in [0.25, 0.3) is 0 Å². The lowest BCUT2D eigenvalue weighted by atomic mass is 10.0. The second kappa shape index (κ2) is 6.54. The van der Waals surface area contributed by atoms with E-state index in [1.807, 2.05) is 30.3 Å². The van der Waals surface area contributed by atoms with E-state index in [4.69, 9.17) is 4.74 Å². The van der Waals surface area contributed by atoms with Crippen LogP contribution in [0.25, 0.3) is 0 Å². The van der Waals surface area contributed by atoms with Gasteiger partial charge in [-0.25, -0.2) is 4.79 Å². The number of ether oxygens (including phenoxy) is 1. The van der Waals surface area contributed by atoms with E-state index in [9.17, 15) is 15.0 Å². The number of piperidine rings is 1. The second-order valence-electron chi connectivity index (χ2n) is 4.75. The monoisotopic (exact) mass is 265 g/mol. The normalized spacial score (nSPS) is 23.2. The fourth-order valence-electron chi connectivity index (χ4n) is 2.25. The van der Waals surface area contributed by atoms with Crippen LogP contribution in [0, 0.1) is 0 Å². The number of aliphatic hydroxyl groups excluding tert-OH is 2. The van der Waals surface area contributed by atoms with Crippen molar-refractivity contribution in [1.82, 2.24) is 4.90 Å². The molecule has 1 aliphatic rings. The Morgan fingerprint density at radius 2 is 2.11 bits per heavy atom. The highest BCUT2D eigenvalue weighted by Crippen LogP contribution is 2.18. The fourth-order valence-corrected chi connectivity index (χ4v) is 2.25. The Balaban J connectivity index is 1.88. The summed E-state index contributed by atoms with van der Waals surface area (Å²) in [6.45, 7) is 0.481. The maximum Gasteiger partial charge on any atom is 0.410 e. The van der Waals surface area contributed by atoms with Gasteiger partial charge in [-0.1, -0.05) is 30.3 Å². The maximum atomic E-state index is 12.0. The smallest absolute Gasteiger partial charge is 0.410 e. The summed E-state index contributed by atoms with van der Waals surface area (Å²) < 4.78 is 5.23.